The number of rotatable bonds is 3. The van der Waals surface area contributed by atoms with Gasteiger partial charge < -0.3 is 14.5 Å². The van der Waals surface area contributed by atoms with Crippen molar-refractivity contribution in [1.82, 2.24) is 4.98 Å². The molecule has 1 amide bonds. The number of nitrogens with zero attached hydrogens (tertiary/aromatic N) is 1. The number of aromatic nitrogens is 1. The van der Waals surface area contributed by atoms with Gasteiger partial charge in [0.2, 0.25) is 34.8 Å². The Bertz CT molecular complexity index is 1570. The Hall–Kier alpha value is -3.72. The number of aromatic amines is 1. The average Bonchev–Trinajstić information content (AvgIpc) is 3.41. The summed E-state index contributed by atoms with van der Waals surface area (Å²) >= 11 is 0. The quantitative estimate of drug-likeness (QED) is 0.122. The second-order valence-corrected chi connectivity index (χ2v) is 10.4. The van der Waals surface area contributed by atoms with Crippen molar-refractivity contribution >= 4 is 38.8 Å². The molecule has 4 rings (SSSR count). The number of H-pyrrole nitrogens is 1. The van der Waals surface area contributed by atoms with E-state index in [4.69, 9.17) is 4.74 Å². The highest BCUT2D eigenvalue weighted by molar-refractivity contribution is 7.86. The molecule has 0 fully saturated rings. The molecule has 3 aromatic rings. The van der Waals surface area contributed by atoms with Gasteiger partial charge in [-0.3, -0.25) is 9.45 Å². The van der Waals surface area contributed by atoms with Gasteiger partial charge in [-0.15, -0.1) is 0 Å². The molecule has 0 aliphatic carbocycles. The van der Waals surface area contributed by atoms with E-state index in [1.54, 1.807) is 20.8 Å². The molecule has 198 valence electrons. The molecule has 0 spiro atoms. The van der Waals surface area contributed by atoms with Crippen LogP contribution in [0.1, 0.15) is 36.8 Å². The fraction of sp³-hybridized carbons (Fsp3) is 0.273. The summed E-state index contributed by atoms with van der Waals surface area (Å²) in [7, 11) is -4.96. The number of carbonyl (C=O) groups excluding carboxylic acids is 2. The van der Waals surface area contributed by atoms with E-state index in [2.05, 4.69) is 9.72 Å². The first kappa shape index (κ1) is 26.3. The molecular formula is C22H17F5N2O7S. The number of ether oxygens (including phenoxy) is 2. The maximum absolute atomic E-state index is 13.9. The minimum absolute atomic E-state index is 0.0144. The highest BCUT2D eigenvalue weighted by atomic mass is 32.2. The Morgan fingerprint density at radius 3 is 2.11 bits per heavy atom. The highest BCUT2D eigenvalue weighted by Crippen LogP contribution is 2.39. The van der Waals surface area contributed by atoms with Crippen molar-refractivity contribution in [2.24, 2.45) is 0 Å². The normalized spacial score (nSPS) is 13.7. The van der Waals surface area contributed by atoms with E-state index < -0.39 is 73.2 Å². The summed E-state index contributed by atoms with van der Waals surface area (Å²) in [5.41, 5.74) is -1.46. The molecule has 1 aliphatic heterocycles. The molecule has 0 bridgehead atoms. The van der Waals surface area contributed by atoms with Gasteiger partial charge in [0.1, 0.15) is 16.2 Å². The summed E-state index contributed by atoms with van der Waals surface area (Å²) in [4.78, 5) is 27.9. The zero-order valence-electron chi connectivity index (χ0n) is 19.2. The van der Waals surface area contributed by atoms with Crippen LogP contribution >= 0.6 is 0 Å². The third-order valence-corrected chi connectivity index (χ3v) is 6.20. The SMILES string of the molecule is CC(C)(C)OC(=O)N1CCc2c1cc(S(=O)(=O)O)c1[nH]c(C(=O)Oc3c(F)c(F)c(F)c(F)c3F)cc21. The number of halogens is 5. The van der Waals surface area contributed by atoms with Gasteiger partial charge in [0.05, 0.1) is 11.2 Å². The summed E-state index contributed by atoms with van der Waals surface area (Å²) in [5, 5.41) is 0.0144. The standard InChI is InChI=1S/C22H17F5N2O7S/c1-22(2,3)36-21(31)29-5-4-8-9-6-10(28-18(9)12(7-11(8)29)37(32,33)34)20(30)35-19-16(26)14(24)13(23)15(25)17(19)27/h6-7,28H,4-5H2,1-3H3,(H,32,33,34). The van der Waals surface area contributed by atoms with Crippen molar-refractivity contribution in [2.75, 3.05) is 11.4 Å². The first-order chi connectivity index (χ1) is 17.0. The van der Waals surface area contributed by atoms with Crippen LogP contribution < -0.4 is 9.64 Å². The van der Waals surface area contributed by atoms with Crippen LogP contribution in [0.2, 0.25) is 0 Å². The molecule has 2 aromatic carbocycles. The topological polar surface area (TPSA) is 126 Å². The minimum Gasteiger partial charge on any atom is -0.443 e. The first-order valence-electron chi connectivity index (χ1n) is 10.4. The van der Waals surface area contributed by atoms with Gasteiger partial charge in [-0.1, -0.05) is 0 Å². The van der Waals surface area contributed by atoms with Crippen LogP contribution in [0, 0.1) is 29.1 Å². The molecule has 37 heavy (non-hydrogen) atoms. The fourth-order valence-corrected chi connectivity index (χ4v) is 4.48. The largest absolute Gasteiger partial charge is 0.443 e. The number of carbonyl (C=O) groups is 2. The van der Waals surface area contributed by atoms with Gasteiger partial charge in [0.15, 0.2) is 0 Å². The smallest absolute Gasteiger partial charge is 0.414 e. The predicted octanol–water partition coefficient (Wildman–Crippen LogP) is 4.63. The van der Waals surface area contributed by atoms with Crippen LogP contribution in [0.5, 0.6) is 5.75 Å². The second-order valence-electron chi connectivity index (χ2n) is 8.99. The summed E-state index contributed by atoms with van der Waals surface area (Å²) in [6.45, 7) is 4.89. The molecule has 2 N–H and O–H groups in total. The second kappa shape index (κ2) is 8.69. The zero-order chi connectivity index (χ0) is 27.6. The molecule has 9 nitrogen and oxygen atoms in total. The maximum Gasteiger partial charge on any atom is 0.414 e. The highest BCUT2D eigenvalue weighted by Gasteiger charge is 2.34. The molecule has 0 saturated carbocycles. The van der Waals surface area contributed by atoms with E-state index in [9.17, 15) is 44.5 Å². The van der Waals surface area contributed by atoms with Crippen LogP contribution in [0.15, 0.2) is 17.0 Å². The molecule has 1 aromatic heterocycles. The Kier molecular flexibility index (Phi) is 6.19. The molecule has 2 heterocycles. The average molecular weight is 548 g/mol. The van der Waals surface area contributed by atoms with E-state index in [0.717, 1.165) is 17.0 Å². The number of amides is 1. The molecule has 0 unspecified atom stereocenters. The van der Waals surface area contributed by atoms with Gasteiger partial charge in [0.25, 0.3) is 10.1 Å². The number of benzene rings is 2. The van der Waals surface area contributed by atoms with Crippen LogP contribution in [0.4, 0.5) is 32.4 Å². The summed E-state index contributed by atoms with van der Waals surface area (Å²) < 4.78 is 112. The van der Waals surface area contributed by atoms with Crippen LogP contribution in [-0.2, 0) is 21.3 Å². The van der Waals surface area contributed by atoms with Gasteiger partial charge in [-0.05, 0) is 44.9 Å². The van der Waals surface area contributed by atoms with E-state index in [1.807, 2.05) is 0 Å². The molecule has 0 radical (unpaired) electrons. The summed E-state index contributed by atoms with van der Waals surface area (Å²) in [6, 6.07) is 1.97. The van der Waals surface area contributed by atoms with Crippen molar-refractivity contribution in [3.05, 3.63) is 52.5 Å². The van der Waals surface area contributed by atoms with Gasteiger partial charge in [-0.2, -0.15) is 17.2 Å². The van der Waals surface area contributed by atoms with Crippen LogP contribution in [0.3, 0.4) is 0 Å². The Morgan fingerprint density at radius 2 is 1.57 bits per heavy atom. The van der Waals surface area contributed by atoms with E-state index in [0.29, 0.717) is 5.56 Å². The summed E-state index contributed by atoms with van der Waals surface area (Å²) in [6.07, 6.45) is -0.658. The van der Waals surface area contributed by atoms with Crippen LogP contribution in [-0.4, -0.2) is 42.2 Å². The number of anilines is 1. The molecule has 0 saturated heterocycles. The number of fused-ring (bicyclic) bond motifs is 3. The lowest BCUT2D eigenvalue weighted by Crippen LogP contribution is -2.35. The monoisotopic (exact) mass is 548 g/mol. The molecule has 0 atom stereocenters. The lowest BCUT2D eigenvalue weighted by molar-refractivity contribution is 0.0583. The van der Waals surface area contributed by atoms with Crippen molar-refractivity contribution in [2.45, 2.75) is 37.7 Å². The van der Waals surface area contributed by atoms with Crippen LogP contribution in [0.25, 0.3) is 10.9 Å². The lowest BCUT2D eigenvalue weighted by Gasteiger charge is -2.25. The van der Waals surface area contributed by atoms with E-state index in [-0.39, 0.29) is 29.6 Å². The van der Waals surface area contributed by atoms with Crippen molar-refractivity contribution in [1.29, 1.82) is 0 Å². The van der Waals surface area contributed by atoms with Gasteiger partial charge in [-0.25, -0.2) is 22.8 Å². The number of hydrogen-bond donors (Lipinski definition) is 2. The van der Waals surface area contributed by atoms with E-state index in [1.165, 1.54) is 0 Å². The van der Waals surface area contributed by atoms with Crippen molar-refractivity contribution < 1.29 is 54.0 Å². The Morgan fingerprint density at radius 1 is 1.00 bits per heavy atom. The summed E-state index contributed by atoms with van der Waals surface area (Å²) in [5.74, 6) is -15.4. The number of hydrogen-bond acceptors (Lipinski definition) is 6. The zero-order valence-corrected chi connectivity index (χ0v) is 20.0. The van der Waals surface area contributed by atoms with Crippen molar-refractivity contribution in [3.8, 4) is 5.75 Å². The number of esters is 1. The first-order valence-corrected chi connectivity index (χ1v) is 11.9. The molecule has 1 aliphatic rings. The molecular weight excluding hydrogens is 531 g/mol. The third-order valence-electron chi connectivity index (χ3n) is 5.32. The van der Waals surface area contributed by atoms with E-state index >= 15 is 0 Å². The van der Waals surface area contributed by atoms with Gasteiger partial charge in [0, 0.05) is 11.9 Å². The minimum atomic E-state index is -4.96. The number of nitrogens with one attached hydrogen (secondary N) is 1. The molecule has 15 heteroatoms. The predicted molar refractivity (Wildman–Crippen MR) is 117 cm³/mol. The van der Waals surface area contributed by atoms with Gasteiger partial charge >= 0.3 is 12.1 Å². The fourth-order valence-electron chi connectivity index (χ4n) is 3.80. The Labute approximate surface area is 205 Å². The third kappa shape index (κ3) is 4.59. The maximum atomic E-state index is 13.9. The van der Waals surface area contributed by atoms with Crippen molar-refractivity contribution in [3.63, 3.8) is 0 Å². The Balaban J connectivity index is 1.82. The lowest BCUT2D eigenvalue weighted by atomic mass is 10.1.